The van der Waals surface area contributed by atoms with Crippen molar-refractivity contribution in [2.75, 3.05) is 6.61 Å². The second-order valence-electron chi connectivity index (χ2n) is 6.52. The van der Waals surface area contributed by atoms with Gasteiger partial charge in [-0.3, -0.25) is 4.79 Å². The van der Waals surface area contributed by atoms with E-state index < -0.39 is 0 Å². The third-order valence-electron chi connectivity index (χ3n) is 3.09. The van der Waals surface area contributed by atoms with Crippen LogP contribution in [0.4, 0.5) is 0 Å². The Morgan fingerprint density at radius 3 is 2.64 bits per heavy atom. The van der Waals surface area contributed by atoms with E-state index in [0.717, 1.165) is 15.8 Å². The van der Waals surface area contributed by atoms with Crippen molar-refractivity contribution in [1.29, 1.82) is 0 Å². The summed E-state index contributed by atoms with van der Waals surface area (Å²) >= 11 is 3.47. The first-order chi connectivity index (χ1) is 11.3. The van der Waals surface area contributed by atoms with Crippen LogP contribution in [0.25, 0.3) is 0 Å². The summed E-state index contributed by atoms with van der Waals surface area (Å²) in [5.41, 5.74) is 0.701. The Hall–Kier alpha value is -1.50. The monoisotopic (exact) mass is 430 g/mol. The predicted molar refractivity (Wildman–Crippen MR) is 104 cm³/mol. The van der Waals surface area contributed by atoms with Crippen LogP contribution in [0.2, 0.25) is 0 Å². The van der Waals surface area contributed by atoms with E-state index in [0.29, 0.717) is 18.8 Å². The average molecular weight is 432 g/mol. The second kappa shape index (κ2) is 9.85. The van der Waals surface area contributed by atoms with Crippen LogP contribution in [0.3, 0.4) is 0 Å². The molecule has 0 aliphatic heterocycles. The number of halogens is 2. The Morgan fingerprint density at radius 1 is 1.24 bits per heavy atom. The summed E-state index contributed by atoms with van der Waals surface area (Å²) in [6.45, 7) is 7.04. The standard InChI is InChI=1S/C18H23BrN2O3.ClH/c1-18(2,3)21-17(22)12-24-16-7-6-14(19)9-13(16)10-20-11-15-5-4-8-23-15;/h4-9,20H,10-12H2,1-3H3,(H,21,22);1H. The fourth-order valence-electron chi connectivity index (χ4n) is 2.16. The molecule has 1 amide bonds. The number of carbonyl (C=O) groups excluding carboxylic acids is 1. The van der Waals surface area contributed by atoms with Gasteiger partial charge in [0.15, 0.2) is 6.61 Å². The first kappa shape index (κ1) is 21.5. The minimum Gasteiger partial charge on any atom is -0.483 e. The minimum absolute atomic E-state index is 0. The zero-order valence-electron chi connectivity index (χ0n) is 14.6. The maximum absolute atomic E-state index is 11.9. The Morgan fingerprint density at radius 2 is 2.00 bits per heavy atom. The highest BCUT2D eigenvalue weighted by atomic mass is 79.9. The third kappa shape index (κ3) is 7.94. The molecular weight excluding hydrogens is 408 g/mol. The average Bonchev–Trinajstić information content (AvgIpc) is 2.98. The van der Waals surface area contributed by atoms with E-state index in [1.54, 1.807) is 6.26 Å². The van der Waals surface area contributed by atoms with E-state index >= 15 is 0 Å². The summed E-state index contributed by atoms with van der Waals surface area (Å²) in [4.78, 5) is 11.9. The topological polar surface area (TPSA) is 63.5 Å². The number of benzene rings is 1. The molecule has 5 nitrogen and oxygen atoms in total. The van der Waals surface area contributed by atoms with E-state index in [-0.39, 0.29) is 30.5 Å². The van der Waals surface area contributed by atoms with Crippen molar-refractivity contribution in [3.05, 3.63) is 52.4 Å². The van der Waals surface area contributed by atoms with Crippen LogP contribution >= 0.6 is 28.3 Å². The third-order valence-corrected chi connectivity index (χ3v) is 3.58. The summed E-state index contributed by atoms with van der Waals surface area (Å²) < 4.78 is 11.9. The van der Waals surface area contributed by atoms with Crippen LogP contribution in [0.1, 0.15) is 32.1 Å². The van der Waals surface area contributed by atoms with E-state index in [9.17, 15) is 4.79 Å². The Bertz CT molecular complexity index is 669. The normalized spacial score (nSPS) is 10.9. The van der Waals surface area contributed by atoms with Crippen LogP contribution in [0.15, 0.2) is 45.5 Å². The maximum Gasteiger partial charge on any atom is 0.258 e. The number of carbonyl (C=O) groups is 1. The van der Waals surface area contributed by atoms with Gasteiger partial charge in [0.2, 0.25) is 0 Å². The van der Waals surface area contributed by atoms with Gasteiger partial charge in [-0.05, 0) is 51.1 Å². The van der Waals surface area contributed by atoms with E-state index in [4.69, 9.17) is 9.15 Å². The highest BCUT2D eigenvalue weighted by molar-refractivity contribution is 9.10. The summed E-state index contributed by atoms with van der Waals surface area (Å²) in [6.07, 6.45) is 1.65. The van der Waals surface area contributed by atoms with Crippen LogP contribution in [-0.2, 0) is 17.9 Å². The van der Waals surface area contributed by atoms with Crippen molar-refractivity contribution in [3.8, 4) is 5.75 Å². The van der Waals surface area contributed by atoms with Gasteiger partial charge in [0, 0.05) is 22.1 Å². The molecule has 7 heteroatoms. The molecule has 0 spiro atoms. The summed E-state index contributed by atoms with van der Waals surface area (Å²) in [5, 5.41) is 6.18. The number of nitrogens with one attached hydrogen (secondary N) is 2. The minimum atomic E-state index is -0.270. The van der Waals surface area contributed by atoms with Crippen molar-refractivity contribution >= 4 is 34.2 Å². The molecule has 0 unspecified atom stereocenters. The molecule has 138 valence electrons. The molecule has 2 N–H and O–H groups in total. The van der Waals surface area contributed by atoms with Crippen molar-refractivity contribution in [3.63, 3.8) is 0 Å². The quantitative estimate of drug-likeness (QED) is 0.694. The lowest BCUT2D eigenvalue weighted by molar-refractivity contribution is -0.124. The van der Waals surface area contributed by atoms with Gasteiger partial charge in [0.25, 0.3) is 5.91 Å². The van der Waals surface area contributed by atoms with Crippen LogP contribution in [0, 0.1) is 0 Å². The molecule has 2 aromatic rings. The Labute approximate surface area is 163 Å². The number of ether oxygens (including phenoxy) is 1. The van der Waals surface area contributed by atoms with E-state index in [1.165, 1.54) is 0 Å². The van der Waals surface area contributed by atoms with Gasteiger partial charge in [-0.2, -0.15) is 0 Å². The molecule has 25 heavy (non-hydrogen) atoms. The van der Waals surface area contributed by atoms with Gasteiger partial charge in [-0.15, -0.1) is 12.4 Å². The smallest absolute Gasteiger partial charge is 0.258 e. The highest BCUT2D eigenvalue weighted by Crippen LogP contribution is 2.23. The van der Waals surface area contributed by atoms with Crippen molar-refractivity contribution in [2.45, 2.75) is 39.4 Å². The number of amides is 1. The van der Waals surface area contributed by atoms with Gasteiger partial charge in [0.1, 0.15) is 11.5 Å². The van der Waals surface area contributed by atoms with Gasteiger partial charge >= 0.3 is 0 Å². The maximum atomic E-state index is 11.9. The molecule has 0 radical (unpaired) electrons. The van der Waals surface area contributed by atoms with Crippen molar-refractivity contribution in [1.82, 2.24) is 10.6 Å². The number of hydrogen-bond acceptors (Lipinski definition) is 4. The second-order valence-corrected chi connectivity index (χ2v) is 7.44. The Kier molecular flexibility index (Phi) is 8.48. The molecule has 0 aliphatic carbocycles. The summed E-state index contributed by atoms with van der Waals surface area (Å²) in [6, 6.07) is 9.51. The zero-order valence-corrected chi connectivity index (χ0v) is 17.0. The predicted octanol–water partition coefficient (Wildman–Crippen LogP) is 4.05. The molecule has 0 bridgehead atoms. The zero-order chi connectivity index (χ0) is 17.6. The first-order valence-electron chi connectivity index (χ1n) is 7.79. The van der Waals surface area contributed by atoms with Gasteiger partial charge in [0.05, 0.1) is 12.8 Å². The lowest BCUT2D eigenvalue weighted by Crippen LogP contribution is -2.43. The molecule has 0 aliphatic rings. The van der Waals surface area contributed by atoms with Crippen LogP contribution < -0.4 is 15.4 Å². The molecule has 0 fully saturated rings. The summed E-state index contributed by atoms with van der Waals surface area (Å²) in [7, 11) is 0. The number of furan rings is 1. The SMILES string of the molecule is CC(C)(C)NC(=O)COc1ccc(Br)cc1CNCc1ccco1.Cl. The fourth-order valence-corrected chi connectivity index (χ4v) is 2.57. The van der Waals surface area contributed by atoms with Gasteiger partial charge in [-0.1, -0.05) is 15.9 Å². The number of hydrogen-bond donors (Lipinski definition) is 2. The molecule has 0 saturated carbocycles. The largest absolute Gasteiger partial charge is 0.483 e. The first-order valence-corrected chi connectivity index (χ1v) is 8.58. The van der Waals surface area contributed by atoms with Crippen molar-refractivity contribution < 1.29 is 13.9 Å². The van der Waals surface area contributed by atoms with Crippen molar-refractivity contribution in [2.24, 2.45) is 0 Å². The molecular formula is C18H24BrClN2O3. The lowest BCUT2D eigenvalue weighted by Gasteiger charge is -2.21. The fraction of sp³-hybridized carbons (Fsp3) is 0.389. The molecule has 1 aromatic heterocycles. The van der Waals surface area contributed by atoms with Gasteiger partial charge in [-0.25, -0.2) is 0 Å². The van der Waals surface area contributed by atoms with Gasteiger partial charge < -0.3 is 19.8 Å². The molecule has 0 atom stereocenters. The highest BCUT2D eigenvalue weighted by Gasteiger charge is 2.14. The lowest BCUT2D eigenvalue weighted by atomic mass is 10.1. The molecule has 1 heterocycles. The van der Waals surface area contributed by atoms with Crippen LogP contribution in [-0.4, -0.2) is 18.1 Å². The van der Waals surface area contributed by atoms with E-state index in [2.05, 4.69) is 26.6 Å². The summed E-state index contributed by atoms with van der Waals surface area (Å²) in [5.74, 6) is 1.42. The Balaban J connectivity index is 0.00000312. The van der Waals surface area contributed by atoms with E-state index in [1.807, 2.05) is 51.1 Å². The molecule has 0 saturated heterocycles. The number of rotatable bonds is 7. The molecule has 1 aromatic carbocycles. The molecule has 2 rings (SSSR count). The van der Waals surface area contributed by atoms with Crippen LogP contribution in [0.5, 0.6) is 5.75 Å².